The summed E-state index contributed by atoms with van der Waals surface area (Å²) in [5.41, 5.74) is 0. The average Bonchev–Trinajstić information content (AvgIpc) is 2.48. The number of halogens is 2. The van der Waals surface area contributed by atoms with E-state index in [-0.39, 0.29) is 37.4 Å². The normalized spacial score (nSPS) is 18.0. The summed E-state index contributed by atoms with van der Waals surface area (Å²) in [7, 11) is -3.89. The number of ether oxygens (including phenoxy) is 1. The van der Waals surface area contributed by atoms with Crippen LogP contribution in [0.25, 0.3) is 0 Å². The van der Waals surface area contributed by atoms with Crippen molar-refractivity contribution in [2.24, 2.45) is 0 Å². The molecule has 1 heterocycles. The number of aliphatic hydroxyl groups is 1. The Balaban J connectivity index is 2.10. The van der Waals surface area contributed by atoms with Crippen LogP contribution in [0.5, 0.6) is 0 Å². The van der Waals surface area contributed by atoms with E-state index < -0.39 is 20.7 Å². The first-order valence-corrected chi connectivity index (χ1v) is 8.45. The first-order valence-electron chi connectivity index (χ1n) is 6.63. The van der Waals surface area contributed by atoms with Crippen molar-refractivity contribution in [2.75, 3.05) is 26.3 Å². The van der Waals surface area contributed by atoms with Crippen molar-refractivity contribution in [3.8, 4) is 0 Å². The summed E-state index contributed by atoms with van der Waals surface area (Å²) < 4.78 is 45.4. The number of piperidine rings is 1. The van der Waals surface area contributed by atoms with Gasteiger partial charge in [-0.1, -0.05) is 17.7 Å². The van der Waals surface area contributed by atoms with E-state index in [0.29, 0.717) is 12.8 Å². The van der Waals surface area contributed by atoms with Gasteiger partial charge in [0.1, 0.15) is 4.90 Å². The van der Waals surface area contributed by atoms with Crippen LogP contribution in [0.4, 0.5) is 4.39 Å². The van der Waals surface area contributed by atoms with E-state index in [1.165, 1.54) is 22.5 Å². The highest BCUT2D eigenvalue weighted by molar-refractivity contribution is 7.89. The lowest BCUT2D eigenvalue weighted by Gasteiger charge is -2.31. The molecule has 2 rings (SSSR count). The Hall–Kier alpha value is -0.730. The highest BCUT2D eigenvalue weighted by Gasteiger charge is 2.32. The molecule has 0 saturated carbocycles. The molecule has 0 unspecified atom stereocenters. The van der Waals surface area contributed by atoms with Gasteiger partial charge in [-0.3, -0.25) is 0 Å². The second-order valence-corrected chi connectivity index (χ2v) is 7.06. The van der Waals surface area contributed by atoms with E-state index in [4.69, 9.17) is 21.4 Å². The summed E-state index contributed by atoms with van der Waals surface area (Å²) >= 11 is 5.64. The third kappa shape index (κ3) is 3.73. The molecule has 1 aliphatic rings. The summed E-state index contributed by atoms with van der Waals surface area (Å²) in [6.45, 7) is 0.682. The molecule has 8 heteroatoms. The molecule has 1 saturated heterocycles. The van der Waals surface area contributed by atoms with Crippen LogP contribution in [-0.4, -0.2) is 50.2 Å². The molecular weight excluding hydrogens is 321 g/mol. The Labute approximate surface area is 128 Å². The highest BCUT2D eigenvalue weighted by Crippen LogP contribution is 2.27. The van der Waals surface area contributed by atoms with Gasteiger partial charge in [0.25, 0.3) is 0 Å². The van der Waals surface area contributed by atoms with Gasteiger partial charge in [-0.2, -0.15) is 4.31 Å². The monoisotopic (exact) mass is 337 g/mol. The lowest BCUT2D eigenvalue weighted by molar-refractivity contribution is 0.00317. The van der Waals surface area contributed by atoms with Crippen LogP contribution in [0.3, 0.4) is 0 Å². The lowest BCUT2D eigenvalue weighted by Crippen LogP contribution is -2.41. The maximum atomic E-state index is 13.9. The van der Waals surface area contributed by atoms with Crippen molar-refractivity contribution in [1.29, 1.82) is 0 Å². The van der Waals surface area contributed by atoms with Crippen molar-refractivity contribution < 1.29 is 22.7 Å². The molecule has 1 aromatic carbocycles. The zero-order valence-electron chi connectivity index (χ0n) is 11.3. The van der Waals surface area contributed by atoms with Gasteiger partial charge in [0.2, 0.25) is 10.0 Å². The molecule has 0 spiro atoms. The first kappa shape index (κ1) is 16.6. The van der Waals surface area contributed by atoms with Crippen molar-refractivity contribution in [2.45, 2.75) is 23.8 Å². The molecular formula is C13H17ClFNO4S. The standard InChI is InChI=1S/C13H17ClFNO4S/c14-11-2-1-3-12(13(11)15)21(18,19)16-6-4-10(5-7-16)20-9-8-17/h1-3,10,17H,4-9H2. The Bertz CT molecular complexity index is 588. The predicted octanol–water partition coefficient (Wildman–Crippen LogP) is 1.64. The smallest absolute Gasteiger partial charge is 0.246 e. The van der Waals surface area contributed by atoms with Gasteiger partial charge >= 0.3 is 0 Å². The van der Waals surface area contributed by atoms with Crippen LogP contribution >= 0.6 is 11.6 Å². The molecule has 1 aromatic rings. The van der Waals surface area contributed by atoms with Crippen LogP contribution in [-0.2, 0) is 14.8 Å². The molecule has 5 nitrogen and oxygen atoms in total. The van der Waals surface area contributed by atoms with E-state index in [0.717, 1.165) is 0 Å². The molecule has 0 aliphatic carbocycles. The third-order valence-corrected chi connectivity index (χ3v) is 5.59. The fourth-order valence-corrected chi connectivity index (χ4v) is 4.07. The van der Waals surface area contributed by atoms with Gasteiger partial charge in [-0.15, -0.1) is 0 Å². The van der Waals surface area contributed by atoms with E-state index in [1.54, 1.807) is 0 Å². The van der Waals surface area contributed by atoms with Crippen LogP contribution in [0.1, 0.15) is 12.8 Å². The second kappa shape index (κ2) is 7.02. The van der Waals surface area contributed by atoms with Gasteiger partial charge in [-0.05, 0) is 25.0 Å². The summed E-state index contributed by atoms with van der Waals surface area (Å²) in [5.74, 6) is -0.919. The predicted molar refractivity (Wildman–Crippen MR) is 76.2 cm³/mol. The maximum Gasteiger partial charge on any atom is 0.246 e. The highest BCUT2D eigenvalue weighted by atomic mass is 35.5. The minimum absolute atomic E-state index is 0.0633. The number of benzene rings is 1. The molecule has 118 valence electrons. The summed E-state index contributed by atoms with van der Waals surface area (Å²) in [6, 6.07) is 3.94. The summed E-state index contributed by atoms with van der Waals surface area (Å²) in [6.07, 6.45) is 0.954. The largest absolute Gasteiger partial charge is 0.394 e. The average molecular weight is 338 g/mol. The van der Waals surface area contributed by atoms with E-state index in [2.05, 4.69) is 0 Å². The molecule has 0 amide bonds. The minimum atomic E-state index is -3.89. The summed E-state index contributed by atoms with van der Waals surface area (Å²) in [4.78, 5) is -0.398. The fraction of sp³-hybridized carbons (Fsp3) is 0.538. The molecule has 0 aromatic heterocycles. The van der Waals surface area contributed by atoms with Gasteiger partial charge in [0, 0.05) is 13.1 Å². The Morgan fingerprint density at radius 2 is 2.05 bits per heavy atom. The van der Waals surface area contributed by atoms with E-state index >= 15 is 0 Å². The number of hydrogen-bond acceptors (Lipinski definition) is 4. The topological polar surface area (TPSA) is 66.8 Å². The van der Waals surface area contributed by atoms with Crippen molar-refractivity contribution in [3.05, 3.63) is 29.0 Å². The van der Waals surface area contributed by atoms with Gasteiger partial charge in [0.15, 0.2) is 5.82 Å². The molecule has 1 fully saturated rings. The molecule has 0 bridgehead atoms. The summed E-state index contributed by atoms with van der Waals surface area (Å²) in [5, 5.41) is 8.49. The molecule has 1 N–H and O–H groups in total. The van der Waals surface area contributed by atoms with Crippen molar-refractivity contribution in [3.63, 3.8) is 0 Å². The van der Waals surface area contributed by atoms with E-state index in [1.807, 2.05) is 0 Å². The zero-order chi connectivity index (χ0) is 15.5. The number of nitrogens with zero attached hydrogens (tertiary/aromatic N) is 1. The van der Waals surface area contributed by atoms with E-state index in [9.17, 15) is 12.8 Å². The van der Waals surface area contributed by atoms with Crippen LogP contribution in [0.2, 0.25) is 5.02 Å². The van der Waals surface area contributed by atoms with Gasteiger partial charge in [0.05, 0.1) is 24.3 Å². The SMILES string of the molecule is O=S(=O)(c1cccc(Cl)c1F)N1CCC(OCCO)CC1. The number of rotatable bonds is 5. The van der Waals surface area contributed by atoms with Crippen LogP contribution in [0.15, 0.2) is 23.1 Å². The quantitative estimate of drug-likeness (QED) is 0.887. The Morgan fingerprint density at radius 1 is 1.38 bits per heavy atom. The van der Waals surface area contributed by atoms with Crippen LogP contribution in [0, 0.1) is 5.82 Å². The van der Waals surface area contributed by atoms with Crippen molar-refractivity contribution in [1.82, 2.24) is 4.31 Å². The van der Waals surface area contributed by atoms with Crippen molar-refractivity contribution >= 4 is 21.6 Å². The zero-order valence-corrected chi connectivity index (χ0v) is 12.9. The number of sulfonamides is 1. The Kier molecular flexibility index (Phi) is 5.56. The molecule has 1 aliphatic heterocycles. The second-order valence-electron chi connectivity index (χ2n) is 4.75. The van der Waals surface area contributed by atoms with Crippen LogP contribution < -0.4 is 0 Å². The maximum absolute atomic E-state index is 13.9. The third-order valence-electron chi connectivity index (χ3n) is 3.38. The molecule has 21 heavy (non-hydrogen) atoms. The Morgan fingerprint density at radius 3 is 2.67 bits per heavy atom. The first-order chi connectivity index (χ1) is 9.96. The minimum Gasteiger partial charge on any atom is -0.394 e. The van der Waals surface area contributed by atoms with Gasteiger partial charge < -0.3 is 9.84 Å². The fourth-order valence-electron chi connectivity index (χ4n) is 2.28. The molecule has 0 radical (unpaired) electrons. The number of hydrogen-bond donors (Lipinski definition) is 1. The lowest BCUT2D eigenvalue weighted by atomic mass is 10.1. The number of aliphatic hydroxyl groups excluding tert-OH is 1. The molecule has 0 atom stereocenters. The van der Waals surface area contributed by atoms with Gasteiger partial charge in [-0.25, -0.2) is 12.8 Å².